The summed E-state index contributed by atoms with van der Waals surface area (Å²) in [7, 11) is -2.86. The van der Waals surface area contributed by atoms with E-state index in [1.807, 2.05) is 0 Å². The molecule has 9 aromatic carbocycles. The summed E-state index contributed by atoms with van der Waals surface area (Å²) in [6, 6.07) is 87.9. The SMILES string of the molecule is c1ccc(C2(c3ccccc3)c3cccc4c3-c3c(ccc5c3-c3c2cccc3[Si]5(c2ccccc2)c2ccccc2)C4(c2ccccc2)c2ccccc2)cc1. The molecule has 12 rings (SSSR count). The number of rotatable bonds is 6. The summed E-state index contributed by atoms with van der Waals surface area (Å²) in [4.78, 5) is 0. The minimum atomic E-state index is -2.86. The van der Waals surface area contributed by atoms with Gasteiger partial charge in [0.2, 0.25) is 0 Å². The van der Waals surface area contributed by atoms with E-state index in [-0.39, 0.29) is 0 Å². The van der Waals surface area contributed by atoms with Crippen LogP contribution in [0.2, 0.25) is 0 Å². The Bertz CT molecular complexity index is 2690. The molecule has 0 nitrogen and oxygen atoms in total. The lowest BCUT2D eigenvalue weighted by Gasteiger charge is -2.40. The van der Waals surface area contributed by atoms with Gasteiger partial charge < -0.3 is 0 Å². The van der Waals surface area contributed by atoms with Crippen LogP contribution in [0.4, 0.5) is 0 Å². The summed E-state index contributed by atoms with van der Waals surface area (Å²) >= 11 is 0. The average molecular weight is 739 g/mol. The summed E-state index contributed by atoms with van der Waals surface area (Å²) in [6.07, 6.45) is 0. The van der Waals surface area contributed by atoms with E-state index < -0.39 is 18.9 Å². The van der Waals surface area contributed by atoms with Gasteiger partial charge in [-0.05, 0) is 87.5 Å². The highest BCUT2D eigenvalue weighted by molar-refractivity contribution is 7.22. The van der Waals surface area contributed by atoms with Crippen LogP contribution in [-0.4, -0.2) is 8.07 Å². The molecule has 57 heavy (non-hydrogen) atoms. The molecule has 2 aliphatic carbocycles. The Morgan fingerprint density at radius 2 is 0.561 bits per heavy atom. The molecule has 0 bridgehead atoms. The molecule has 1 heteroatoms. The van der Waals surface area contributed by atoms with Gasteiger partial charge in [0, 0.05) is 0 Å². The van der Waals surface area contributed by atoms with Crippen molar-refractivity contribution in [3.8, 4) is 22.3 Å². The standard InChI is InChI=1S/C56H38Si/c1-7-21-39(22-8-1)55(40-23-9-2-10-24-40)45-33-19-34-46-51(45)53-48(56(46,41-25-11-3-12-26-41)42-27-13-4-14-28-42)37-38-50-54(53)52-47(55)35-20-36-49(52)57(50,43-29-15-5-16-30-43)44-31-17-6-18-32-44/h1-38H. The maximum atomic E-state index is 2.56. The fourth-order valence-electron chi connectivity index (χ4n) is 11.6. The first kappa shape index (κ1) is 32.4. The second kappa shape index (κ2) is 12.1. The quantitative estimate of drug-likeness (QED) is 0.149. The van der Waals surface area contributed by atoms with Crippen molar-refractivity contribution in [1.82, 2.24) is 0 Å². The van der Waals surface area contributed by atoms with Gasteiger partial charge in [-0.1, -0.05) is 231 Å². The third-order valence-electron chi connectivity index (χ3n) is 13.5. The van der Waals surface area contributed by atoms with Crippen LogP contribution in [0.15, 0.2) is 231 Å². The zero-order chi connectivity index (χ0) is 37.6. The van der Waals surface area contributed by atoms with Gasteiger partial charge in [-0.3, -0.25) is 0 Å². The Hall–Kier alpha value is -6.80. The smallest absolute Gasteiger partial charge is 0.0623 e. The average Bonchev–Trinajstić information content (AvgIpc) is 3.74. The Balaban J connectivity index is 1.38. The van der Waals surface area contributed by atoms with Gasteiger partial charge in [0.25, 0.3) is 0 Å². The maximum absolute atomic E-state index is 2.86. The fraction of sp³-hybridized carbons (Fsp3) is 0.0357. The molecule has 3 aliphatic rings. The fourth-order valence-corrected chi connectivity index (χ4v) is 16.8. The van der Waals surface area contributed by atoms with Crippen molar-refractivity contribution in [2.24, 2.45) is 0 Å². The van der Waals surface area contributed by atoms with Gasteiger partial charge in [-0.2, -0.15) is 0 Å². The summed E-state index contributed by atoms with van der Waals surface area (Å²) in [5.41, 5.74) is 15.0. The zero-order valence-corrected chi connectivity index (χ0v) is 32.4. The van der Waals surface area contributed by atoms with Crippen molar-refractivity contribution in [2.45, 2.75) is 10.8 Å². The third-order valence-corrected chi connectivity index (χ3v) is 18.3. The van der Waals surface area contributed by atoms with Crippen molar-refractivity contribution >= 4 is 28.8 Å². The van der Waals surface area contributed by atoms with E-state index in [1.165, 1.54) is 87.5 Å². The Morgan fingerprint density at radius 1 is 0.228 bits per heavy atom. The first-order valence-corrected chi connectivity index (χ1v) is 22.1. The van der Waals surface area contributed by atoms with Crippen LogP contribution >= 0.6 is 0 Å². The van der Waals surface area contributed by atoms with E-state index >= 15 is 0 Å². The van der Waals surface area contributed by atoms with Gasteiger partial charge in [0.15, 0.2) is 8.07 Å². The van der Waals surface area contributed by atoms with E-state index in [0.29, 0.717) is 0 Å². The molecular formula is C56H38Si. The lowest BCUT2D eigenvalue weighted by molar-refractivity contribution is 0.739. The largest absolute Gasteiger partial charge is 0.180 e. The lowest BCUT2D eigenvalue weighted by atomic mass is 9.62. The van der Waals surface area contributed by atoms with Crippen molar-refractivity contribution < 1.29 is 0 Å². The minimum absolute atomic E-state index is 0.532. The molecule has 0 N–H and O–H groups in total. The van der Waals surface area contributed by atoms with E-state index in [2.05, 4.69) is 231 Å². The normalized spacial score (nSPS) is 15.4. The monoisotopic (exact) mass is 738 g/mol. The van der Waals surface area contributed by atoms with Crippen LogP contribution in [0.5, 0.6) is 0 Å². The molecule has 0 amide bonds. The molecule has 0 fully saturated rings. The topological polar surface area (TPSA) is 0 Å². The number of hydrogen-bond donors (Lipinski definition) is 0. The molecule has 266 valence electrons. The third kappa shape index (κ3) is 3.97. The first-order chi connectivity index (χ1) is 28.3. The van der Waals surface area contributed by atoms with E-state index in [9.17, 15) is 0 Å². The second-order valence-electron chi connectivity index (χ2n) is 15.8. The van der Waals surface area contributed by atoms with E-state index in [0.717, 1.165) is 0 Å². The highest BCUT2D eigenvalue weighted by atomic mass is 28.3. The summed E-state index contributed by atoms with van der Waals surface area (Å²) in [5, 5.41) is 5.80. The number of hydrogen-bond acceptors (Lipinski definition) is 0. The molecular weight excluding hydrogens is 701 g/mol. The highest BCUT2D eigenvalue weighted by Crippen LogP contribution is 2.65. The van der Waals surface area contributed by atoms with Gasteiger partial charge in [-0.25, -0.2) is 0 Å². The zero-order valence-electron chi connectivity index (χ0n) is 31.4. The van der Waals surface area contributed by atoms with Crippen molar-refractivity contribution in [3.63, 3.8) is 0 Å². The minimum Gasteiger partial charge on any atom is -0.0623 e. The van der Waals surface area contributed by atoms with E-state index in [1.54, 1.807) is 0 Å². The Labute approximate surface area is 335 Å². The molecule has 0 saturated heterocycles. The molecule has 0 saturated carbocycles. The number of benzene rings is 9. The van der Waals surface area contributed by atoms with Gasteiger partial charge in [-0.15, -0.1) is 0 Å². The predicted octanol–water partition coefficient (Wildman–Crippen LogP) is 10.1. The van der Waals surface area contributed by atoms with E-state index in [4.69, 9.17) is 0 Å². The molecule has 0 spiro atoms. The van der Waals surface area contributed by atoms with Crippen LogP contribution in [0.25, 0.3) is 22.3 Å². The van der Waals surface area contributed by atoms with Crippen LogP contribution < -0.4 is 20.7 Å². The highest BCUT2D eigenvalue weighted by Gasteiger charge is 2.58. The molecule has 0 aromatic heterocycles. The molecule has 0 unspecified atom stereocenters. The molecule has 0 atom stereocenters. The molecule has 0 radical (unpaired) electrons. The Kier molecular flexibility index (Phi) is 6.88. The summed E-state index contributed by atoms with van der Waals surface area (Å²) in [5.74, 6) is 0. The van der Waals surface area contributed by atoms with Crippen molar-refractivity contribution in [2.75, 3.05) is 0 Å². The molecule has 1 heterocycles. The summed E-state index contributed by atoms with van der Waals surface area (Å²) in [6.45, 7) is 0. The van der Waals surface area contributed by atoms with Crippen molar-refractivity contribution in [3.05, 3.63) is 275 Å². The predicted molar refractivity (Wildman–Crippen MR) is 238 cm³/mol. The maximum Gasteiger partial charge on any atom is 0.180 e. The van der Waals surface area contributed by atoms with Gasteiger partial charge in [0.05, 0.1) is 10.8 Å². The Morgan fingerprint density at radius 3 is 0.982 bits per heavy atom. The lowest BCUT2D eigenvalue weighted by Crippen LogP contribution is -2.72. The molecule has 9 aromatic rings. The van der Waals surface area contributed by atoms with Crippen LogP contribution in [0.1, 0.15) is 44.5 Å². The van der Waals surface area contributed by atoms with Crippen LogP contribution in [-0.2, 0) is 10.8 Å². The van der Waals surface area contributed by atoms with Gasteiger partial charge >= 0.3 is 0 Å². The van der Waals surface area contributed by atoms with Crippen molar-refractivity contribution in [1.29, 1.82) is 0 Å². The summed E-state index contributed by atoms with van der Waals surface area (Å²) < 4.78 is 0. The van der Waals surface area contributed by atoms with Crippen LogP contribution in [0.3, 0.4) is 0 Å². The first-order valence-electron chi connectivity index (χ1n) is 20.1. The van der Waals surface area contributed by atoms with Gasteiger partial charge in [0.1, 0.15) is 0 Å². The molecule has 1 aliphatic heterocycles. The second-order valence-corrected chi connectivity index (χ2v) is 19.5. The van der Waals surface area contributed by atoms with Crippen LogP contribution in [0, 0.1) is 0 Å².